The van der Waals surface area contributed by atoms with E-state index in [0.29, 0.717) is 23.1 Å². The van der Waals surface area contributed by atoms with E-state index in [1.54, 1.807) is 6.07 Å². The summed E-state index contributed by atoms with van der Waals surface area (Å²) in [4.78, 5) is 37.3. The lowest BCUT2D eigenvalue weighted by Gasteiger charge is -2.10. The van der Waals surface area contributed by atoms with E-state index in [-0.39, 0.29) is 21.1 Å². The molecule has 0 saturated carbocycles. The summed E-state index contributed by atoms with van der Waals surface area (Å²) in [6.45, 7) is 6.75. The summed E-state index contributed by atoms with van der Waals surface area (Å²) >= 11 is -2.58. The topological polar surface area (TPSA) is 219 Å². The minimum atomic E-state index is -3.64. The number of azo groups is 1. The van der Waals surface area contributed by atoms with Crippen molar-refractivity contribution in [2.24, 2.45) is 20.4 Å². The highest BCUT2D eigenvalue weighted by molar-refractivity contribution is 7.94. The molecule has 0 aliphatic heterocycles. The minimum absolute atomic E-state index is 0.0174. The molecule has 0 heterocycles. The number of rotatable bonds is 11. The lowest BCUT2D eigenvalue weighted by Crippen LogP contribution is -2.50. The number of aromatic carboxylic acids is 1. The third-order valence-electron chi connectivity index (χ3n) is 5.92. The van der Waals surface area contributed by atoms with Crippen molar-refractivity contribution in [3.8, 4) is 0 Å². The summed E-state index contributed by atoms with van der Waals surface area (Å²) in [6.07, 6.45) is 0. The van der Waals surface area contributed by atoms with Crippen molar-refractivity contribution in [1.82, 2.24) is 0 Å². The van der Waals surface area contributed by atoms with E-state index in [2.05, 4.69) is 44.4 Å². The fourth-order valence-electron chi connectivity index (χ4n) is 3.63. The maximum atomic E-state index is 13.1. The van der Waals surface area contributed by atoms with E-state index in [4.69, 9.17) is 0 Å². The molecule has 228 valence electrons. The fraction of sp³-hybridized carbons (Fsp3) is 0. The molecule has 0 radical (unpaired) electrons. The number of carboxylic acids is 1. The van der Waals surface area contributed by atoms with Crippen LogP contribution in [0.15, 0.2) is 132 Å². The Labute approximate surface area is 257 Å². The first-order chi connectivity index (χ1) is 21.4. The van der Waals surface area contributed by atoms with Crippen LogP contribution in [-0.2, 0) is 20.9 Å². The Kier molecular flexibility index (Phi) is 9.82. The van der Waals surface area contributed by atoms with Gasteiger partial charge in [-0.1, -0.05) is 31.4 Å². The number of benzene rings is 4. The van der Waals surface area contributed by atoms with Crippen LogP contribution in [0.5, 0.6) is 0 Å². The molecule has 0 aliphatic carbocycles. The van der Waals surface area contributed by atoms with Crippen molar-refractivity contribution >= 4 is 54.5 Å². The van der Waals surface area contributed by atoms with E-state index in [9.17, 15) is 36.7 Å². The number of carboxylic acid groups (broad SMARTS) is 1. The van der Waals surface area contributed by atoms with Gasteiger partial charge >= 0.3 is 5.97 Å². The van der Waals surface area contributed by atoms with E-state index in [1.165, 1.54) is 66.7 Å². The minimum Gasteiger partial charge on any atom is -0.768 e. The van der Waals surface area contributed by atoms with Crippen LogP contribution in [0, 0.1) is 0 Å². The van der Waals surface area contributed by atoms with Gasteiger partial charge < -0.3 is 9.66 Å². The molecule has 4 aromatic rings. The molecule has 1 unspecified atom stereocenters. The van der Waals surface area contributed by atoms with E-state index >= 15 is 0 Å². The normalized spacial score (nSPS) is 13.0. The van der Waals surface area contributed by atoms with Gasteiger partial charge in [-0.05, 0) is 71.2 Å². The highest BCUT2D eigenvalue weighted by Gasteiger charge is 2.14. The second kappa shape index (κ2) is 13.7. The third-order valence-corrected chi connectivity index (χ3v) is 7.91. The van der Waals surface area contributed by atoms with Crippen molar-refractivity contribution in [3.05, 3.63) is 140 Å². The number of nitrogens with zero attached hydrogens (tertiary/aromatic N) is 4. The fourth-order valence-corrected chi connectivity index (χ4v) is 4.70. The van der Waals surface area contributed by atoms with Crippen LogP contribution >= 0.6 is 0 Å². The van der Waals surface area contributed by atoms with E-state index < -0.39 is 54.0 Å². The number of hydrogen-bond acceptors (Lipinski definition) is 13. The summed E-state index contributed by atoms with van der Waals surface area (Å²) in [5, 5.41) is 24.9. The first-order valence-corrected chi connectivity index (χ1v) is 15.1. The summed E-state index contributed by atoms with van der Waals surface area (Å²) in [5.41, 5.74) is 3.80. The molecule has 1 atom stereocenters. The maximum absolute atomic E-state index is 13.1. The molecule has 0 bridgehead atoms. The number of nitrogens with one attached hydrogen (secondary N) is 2. The Balaban J connectivity index is 1.60. The largest absolute Gasteiger partial charge is 0.768 e. The van der Waals surface area contributed by atoms with Crippen LogP contribution in [0.2, 0.25) is 0 Å². The zero-order chi connectivity index (χ0) is 32.7. The first kappa shape index (κ1) is 32.2. The molecule has 4 rings (SSSR count). The SMILES string of the molecule is C=CS(=O)(=O)c1cccc(N=Nc2ccc(N/N=c3\c(=O)cc(C(=O)O)/c(=N/Nc4cccc(C(=C)S(=O)[O-])c4)c3=O)cc2)c1. The Hall–Kier alpha value is -5.71. The van der Waals surface area contributed by atoms with Gasteiger partial charge in [-0.15, -0.1) is 0 Å². The quantitative estimate of drug-likeness (QED) is 0.123. The number of hydrogen-bond donors (Lipinski definition) is 3. The van der Waals surface area contributed by atoms with Gasteiger partial charge in [0.25, 0.3) is 0 Å². The molecule has 0 amide bonds. The lowest BCUT2D eigenvalue weighted by molar-refractivity contribution is 0.0694. The second-order valence-electron chi connectivity index (χ2n) is 8.90. The molecule has 0 fully saturated rings. The predicted octanol–water partition coefficient (Wildman–Crippen LogP) is 3.02. The van der Waals surface area contributed by atoms with Crippen molar-refractivity contribution < 1.29 is 27.1 Å². The van der Waals surface area contributed by atoms with Gasteiger partial charge in [0.05, 0.1) is 33.2 Å². The van der Waals surface area contributed by atoms with Crippen LogP contribution in [0.25, 0.3) is 4.91 Å². The van der Waals surface area contributed by atoms with Gasteiger partial charge in [0, 0.05) is 16.4 Å². The molecule has 0 aromatic heterocycles. The van der Waals surface area contributed by atoms with Gasteiger partial charge in [0.1, 0.15) is 5.36 Å². The van der Waals surface area contributed by atoms with Gasteiger partial charge in [0.2, 0.25) is 10.9 Å². The highest BCUT2D eigenvalue weighted by Crippen LogP contribution is 2.23. The molecular weight excluding hydrogens is 624 g/mol. The van der Waals surface area contributed by atoms with E-state index in [1.807, 2.05) is 0 Å². The van der Waals surface area contributed by atoms with Gasteiger partial charge in [-0.25, -0.2) is 13.2 Å². The van der Waals surface area contributed by atoms with Gasteiger partial charge in [0.15, 0.2) is 15.2 Å². The molecule has 16 heteroatoms. The van der Waals surface area contributed by atoms with Crippen LogP contribution < -0.4 is 32.4 Å². The molecular formula is C29H21N6O8S2-. The Morgan fingerprint density at radius 2 is 1.51 bits per heavy atom. The Bertz CT molecular complexity index is 2220. The van der Waals surface area contributed by atoms with Crippen molar-refractivity contribution in [2.75, 3.05) is 10.9 Å². The smallest absolute Gasteiger partial charge is 0.338 e. The maximum Gasteiger partial charge on any atom is 0.338 e. The zero-order valence-electron chi connectivity index (χ0n) is 22.9. The van der Waals surface area contributed by atoms with Crippen LogP contribution in [0.1, 0.15) is 15.9 Å². The summed E-state index contributed by atoms with van der Waals surface area (Å²) < 4.78 is 46.4. The highest BCUT2D eigenvalue weighted by atomic mass is 32.2. The molecule has 0 spiro atoms. The first-order valence-electron chi connectivity index (χ1n) is 12.5. The monoisotopic (exact) mass is 645 g/mol. The predicted molar refractivity (Wildman–Crippen MR) is 166 cm³/mol. The standard InChI is InChI=1S/C29H22N6O8S2/c1-3-45(42,43)23-9-5-8-22(15-23)32-30-19-10-12-20(13-11-19)31-35-27-25(36)16-24(29(38)39)26(28(27)37)34-33-21-7-4-6-18(14-21)17(2)44(40)41/h3-16,31,33H,1-2H2,(H,38,39)(H,40,41)/p-1/b32-30?,34-26-,35-27+. The Morgan fingerprint density at radius 1 is 0.867 bits per heavy atom. The summed E-state index contributed by atoms with van der Waals surface area (Å²) in [7, 11) is -3.64. The molecule has 3 N–H and O–H groups in total. The van der Waals surface area contributed by atoms with Gasteiger partial charge in [-0.2, -0.15) is 20.4 Å². The van der Waals surface area contributed by atoms with Crippen molar-refractivity contribution in [3.63, 3.8) is 0 Å². The molecule has 45 heavy (non-hydrogen) atoms. The van der Waals surface area contributed by atoms with Crippen LogP contribution in [-0.4, -0.2) is 28.3 Å². The number of carbonyl (C=O) groups is 1. The average molecular weight is 646 g/mol. The third kappa shape index (κ3) is 7.82. The second-order valence-corrected chi connectivity index (χ2v) is 11.8. The van der Waals surface area contributed by atoms with Crippen LogP contribution in [0.4, 0.5) is 22.7 Å². The Morgan fingerprint density at radius 3 is 2.18 bits per heavy atom. The number of sulfone groups is 1. The average Bonchev–Trinajstić information content (AvgIpc) is 3.03. The molecule has 4 aromatic carbocycles. The van der Waals surface area contributed by atoms with Crippen molar-refractivity contribution in [1.29, 1.82) is 0 Å². The number of anilines is 2. The van der Waals surface area contributed by atoms with E-state index in [0.717, 1.165) is 5.41 Å². The molecule has 0 aliphatic rings. The summed E-state index contributed by atoms with van der Waals surface area (Å²) in [6, 6.07) is 18.5. The van der Waals surface area contributed by atoms with Crippen molar-refractivity contribution in [2.45, 2.75) is 4.90 Å². The molecule has 14 nitrogen and oxygen atoms in total. The lowest BCUT2D eigenvalue weighted by atomic mass is 10.2. The molecule has 0 saturated heterocycles. The van der Waals surface area contributed by atoms with Gasteiger partial charge in [-0.3, -0.25) is 24.6 Å². The summed E-state index contributed by atoms with van der Waals surface area (Å²) in [5.74, 6) is -1.58. The zero-order valence-corrected chi connectivity index (χ0v) is 24.5. The van der Waals surface area contributed by atoms with Crippen LogP contribution in [0.3, 0.4) is 0 Å².